The van der Waals surface area contributed by atoms with Crippen LogP contribution in [0.25, 0.3) is 0 Å². The lowest BCUT2D eigenvalue weighted by atomic mass is 9.95. The molecule has 2 aliphatic carbocycles. The fourth-order valence-corrected chi connectivity index (χ4v) is 3.68. The second-order valence-corrected chi connectivity index (χ2v) is 7.14. The standard InChI is InChI=1S/C15H25N3/c1-15(2,3)17-9-13-8-16-10-18(13)14-7-11-4-5-12(14)6-11/h8,10-12,14,17H,4-7,9H2,1-3H3. The zero-order chi connectivity index (χ0) is 12.8. The van der Waals surface area contributed by atoms with Gasteiger partial charge in [-0.1, -0.05) is 6.42 Å². The number of nitrogens with zero attached hydrogens (tertiary/aromatic N) is 2. The predicted molar refractivity (Wildman–Crippen MR) is 73.3 cm³/mol. The van der Waals surface area contributed by atoms with Crippen LogP contribution >= 0.6 is 0 Å². The number of hydrogen-bond acceptors (Lipinski definition) is 2. The van der Waals surface area contributed by atoms with Gasteiger partial charge in [-0.3, -0.25) is 0 Å². The van der Waals surface area contributed by atoms with Crippen LogP contribution < -0.4 is 5.32 Å². The highest BCUT2D eigenvalue weighted by atomic mass is 15.1. The van der Waals surface area contributed by atoms with Crippen molar-refractivity contribution < 1.29 is 0 Å². The Kier molecular flexibility index (Phi) is 2.97. The lowest BCUT2D eigenvalue weighted by Crippen LogP contribution is -2.36. The van der Waals surface area contributed by atoms with E-state index in [2.05, 4.69) is 35.6 Å². The quantitative estimate of drug-likeness (QED) is 0.889. The summed E-state index contributed by atoms with van der Waals surface area (Å²) in [6.07, 6.45) is 9.80. The molecule has 3 rings (SSSR count). The van der Waals surface area contributed by atoms with Crippen molar-refractivity contribution >= 4 is 0 Å². The molecule has 1 N–H and O–H groups in total. The summed E-state index contributed by atoms with van der Waals surface area (Å²) in [6, 6.07) is 0.725. The molecule has 2 bridgehead atoms. The third-order valence-corrected chi connectivity index (χ3v) is 4.60. The van der Waals surface area contributed by atoms with Gasteiger partial charge in [0.15, 0.2) is 0 Å². The Balaban J connectivity index is 1.72. The van der Waals surface area contributed by atoms with Crippen molar-refractivity contribution in [1.29, 1.82) is 0 Å². The maximum Gasteiger partial charge on any atom is 0.0951 e. The summed E-state index contributed by atoms with van der Waals surface area (Å²) in [5, 5.41) is 3.57. The van der Waals surface area contributed by atoms with Crippen molar-refractivity contribution in [3.63, 3.8) is 0 Å². The Bertz CT molecular complexity index is 416. The van der Waals surface area contributed by atoms with Gasteiger partial charge >= 0.3 is 0 Å². The van der Waals surface area contributed by atoms with Gasteiger partial charge in [0.25, 0.3) is 0 Å². The smallest absolute Gasteiger partial charge is 0.0951 e. The number of rotatable bonds is 3. The number of hydrogen-bond donors (Lipinski definition) is 1. The molecular weight excluding hydrogens is 222 g/mol. The first-order chi connectivity index (χ1) is 8.53. The molecule has 0 radical (unpaired) electrons. The first kappa shape index (κ1) is 12.2. The van der Waals surface area contributed by atoms with E-state index in [1.54, 1.807) is 0 Å². The molecule has 1 aromatic rings. The Labute approximate surface area is 110 Å². The van der Waals surface area contributed by atoms with E-state index in [9.17, 15) is 0 Å². The molecule has 0 spiro atoms. The molecule has 2 aliphatic rings. The average molecular weight is 247 g/mol. The monoisotopic (exact) mass is 247 g/mol. The van der Waals surface area contributed by atoms with Crippen LogP contribution in [0.2, 0.25) is 0 Å². The van der Waals surface area contributed by atoms with Crippen LogP contribution in [-0.4, -0.2) is 15.1 Å². The second kappa shape index (κ2) is 4.37. The predicted octanol–water partition coefficient (Wildman–Crippen LogP) is 3.13. The summed E-state index contributed by atoms with van der Waals surface area (Å²) in [5.41, 5.74) is 1.52. The fourth-order valence-electron chi connectivity index (χ4n) is 3.68. The van der Waals surface area contributed by atoms with Crippen LogP contribution in [0.1, 0.15) is 58.2 Å². The Hall–Kier alpha value is -0.830. The van der Waals surface area contributed by atoms with E-state index in [0.717, 1.165) is 24.4 Å². The van der Waals surface area contributed by atoms with E-state index in [1.165, 1.54) is 31.4 Å². The molecule has 1 aromatic heterocycles. The molecule has 0 aromatic carbocycles. The molecule has 3 heteroatoms. The maximum atomic E-state index is 4.37. The van der Waals surface area contributed by atoms with Crippen molar-refractivity contribution in [2.45, 2.75) is 64.6 Å². The van der Waals surface area contributed by atoms with Gasteiger partial charge in [-0.05, 0) is 51.9 Å². The Morgan fingerprint density at radius 3 is 2.78 bits per heavy atom. The summed E-state index contributed by atoms with van der Waals surface area (Å²) < 4.78 is 2.45. The van der Waals surface area contributed by atoms with Gasteiger partial charge in [-0.2, -0.15) is 0 Å². The Morgan fingerprint density at radius 1 is 1.33 bits per heavy atom. The van der Waals surface area contributed by atoms with Gasteiger partial charge in [0, 0.05) is 24.3 Å². The van der Waals surface area contributed by atoms with Gasteiger partial charge in [0.2, 0.25) is 0 Å². The minimum Gasteiger partial charge on any atom is -0.330 e. The van der Waals surface area contributed by atoms with Crippen LogP contribution in [-0.2, 0) is 6.54 Å². The van der Waals surface area contributed by atoms with Crippen LogP contribution in [0.5, 0.6) is 0 Å². The molecule has 0 aliphatic heterocycles. The number of aromatic nitrogens is 2. The molecule has 3 unspecified atom stereocenters. The molecule has 3 nitrogen and oxygen atoms in total. The minimum atomic E-state index is 0.170. The topological polar surface area (TPSA) is 29.9 Å². The molecule has 18 heavy (non-hydrogen) atoms. The van der Waals surface area contributed by atoms with E-state index in [-0.39, 0.29) is 5.54 Å². The minimum absolute atomic E-state index is 0.170. The SMILES string of the molecule is CC(C)(C)NCc1cncn1C1CC2CCC1C2. The van der Waals surface area contributed by atoms with Crippen molar-refractivity contribution in [3.05, 3.63) is 18.2 Å². The molecule has 1 heterocycles. The number of fused-ring (bicyclic) bond motifs is 2. The van der Waals surface area contributed by atoms with Crippen molar-refractivity contribution in [3.8, 4) is 0 Å². The highest BCUT2D eigenvalue weighted by Gasteiger charge is 2.40. The van der Waals surface area contributed by atoms with E-state index in [4.69, 9.17) is 0 Å². The molecule has 100 valence electrons. The summed E-state index contributed by atoms with van der Waals surface area (Å²) in [7, 11) is 0. The van der Waals surface area contributed by atoms with Crippen LogP contribution in [0.15, 0.2) is 12.5 Å². The normalized spacial score (nSPS) is 31.2. The molecular formula is C15H25N3. The molecule has 0 saturated heterocycles. The molecule has 2 saturated carbocycles. The molecule has 2 fully saturated rings. The molecule has 0 amide bonds. The largest absolute Gasteiger partial charge is 0.330 e. The van der Waals surface area contributed by atoms with Crippen molar-refractivity contribution in [2.24, 2.45) is 11.8 Å². The highest BCUT2D eigenvalue weighted by molar-refractivity contribution is 5.05. The van der Waals surface area contributed by atoms with E-state index in [0.29, 0.717) is 0 Å². The van der Waals surface area contributed by atoms with Crippen LogP contribution in [0, 0.1) is 11.8 Å². The lowest BCUT2D eigenvalue weighted by molar-refractivity contribution is 0.317. The van der Waals surface area contributed by atoms with Gasteiger partial charge < -0.3 is 9.88 Å². The first-order valence-corrected chi connectivity index (χ1v) is 7.29. The van der Waals surface area contributed by atoms with Crippen LogP contribution in [0.4, 0.5) is 0 Å². The lowest BCUT2D eigenvalue weighted by Gasteiger charge is -2.26. The zero-order valence-corrected chi connectivity index (χ0v) is 11.8. The highest BCUT2D eigenvalue weighted by Crippen LogP contribution is 2.50. The van der Waals surface area contributed by atoms with Gasteiger partial charge in [0.1, 0.15) is 0 Å². The van der Waals surface area contributed by atoms with Crippen molar-refractivity contribution in [1.82, 2.24) is 14.9 Å². The van der Waals surface area contributed by atoms with E-state index in [1.807, 2.05) is 12.5 Å². The third-order valence-electron chi connectivity index (χ3n) is 4.60. The Morgan fingerprint density at radius 2 is 2.17 bits per heavy atom. The number of nitrogens with one attached hydrogen (secondary N) is 1. The van der Waals surface area contributed by atoms with E-state index < -0.39 is 0 Å². The number of imidazole rings is 1. The zero-order valence-electron chi connectivity index (χ0n) is 11.8. The third kappa shape index (κ3) is 2.33. The van der Waals surface area contributed by atoms with Gasteiger partial charge in [-0.25, -0.2) is 4.98 Å². The summed E-state index contributed by atoms with van der Waals surface area (Å²) in [6.45, 7) is 7.57. The second-order valence-electron chi connectivity index (χ2n) is 7.14. The van der Waals surface area contributed by atoms with E-state index >= 15 is 0 Å². The molecule has 3 atom stereocenters. The van der Waals surface area contributed by atoms with Crippen molar-refractivity contribution in [2.75, 3.05) is 0 Å². The summed E-state index contributed by atoms with van der Waals surface area (Å²) in [4.78, 5) is 4.37. The van der Waals surface area contributed by atoms with Gasteiger partial charge in [-0.15, -0.1) is 0 Å². The first-order valence-electron chi connectivity index (χ1n) is 7.29. The van der Waals surface area contributed by atoms with Gasteiger partial charge in [0.05, 0.1) is 12.0 Å². The summed E-state index contributed by atoms with van der Waals surface area (Å²) in [5.74, 6) is 1.91. The average Bonchev–Trinajstić information content (AvgIpc) is 3.00. The summed E-state index contributed by atoms with van der Waals surface area (Å²) >= 11 is 0. The van der Waals surface area contributed by atoms with Crippen LogP contribution in [0.3, 0.4) is 0 Å². The fraction of sp³-hybridized carbons (Fsp3) is 0.800. The maximum absolute atomic E-state index is 4.37.